The van der Waals surface area contributed by atoms with Crippen molar-refractivity contribution in [3.05, 3.63) is 219 Å². The van der Waals surface area contributed by atoms with Crippen molar-refractivity contribution in [2.75, 3.05) is 7.11 Å². The minimum Gasteiger partial charge on any atom is -0.481 e. The molecule has 484 valence electrons. The first kappa shape index (κ1) is 66.2. The van der Waals surface area contributed by atoms with Crippen LogP contribution in [0.3, 0.4) is 0 Å². The molecular formula is C71H66BBrF2N10O10. The number of carboxylic acid groups (broad SMARTS) is 1. The fourth-order valence-corrected chi connectivity index (χ4v) is 11.0. The molecule has 1 N–H and O–H groups in total. The van der Waals surface area contributed by atoms with Gasteiger partial charge >= 0.3 is 19.1 Å². The topological polar surface area (TPSA) is 240 Å². The Morgan fingerprint density at radius 1 is 0.558 bits per heavy atom. The third kappa shape index (κ3) is 15.4. The average Bonchev–Trinajstić information content (AvgIpc) is 1.14. The van der Waals surface area contributed by atoms with E-state index in [1.807, 2.05) is 127 Å². The number of carbonyl (C=O) groups excluding carboxylic acids is 1. The number of hydrogen-bond acceptors (Lipinski definition) is 15. The number of nitrogens with zero attached hydrogens (tertiary/aromatic N) is 10. The van der Waals surface area contributed by atoms with Gasteiger partial charge in [-0.1, -0.05) is 74.8 Å². The van der Waals surface area contributed by atoms with Crippen LogP contribution in [0, 0.1) is 11.6 Å². The van der Waals surface area contributed by atoms with Crippen LogP contribution in [0.1, 0.15) is 77.9 Å². The lowest BCUT2D eigenvalue weighted by atomic mass is 9.82. The number of unbranched alkanes of at least 4 members (excludes halogenated alkanes) is 2. The van der Waals surface area contributed by atoms with Gasteiger partial charge in [0.25, 0.3) is 11.1 Å². The minimum atomic E-state index is -0.876. The van der Waals surface area contributed by atoms with Crippen LogP contribution in [0.15, 0.2) is 193 Å². The molecule has 0 radical (unpaired) electrons. The van der Waals surface area contributed by atoms with E-state index in [-0.39, 0.29) is 48.2 Å². The van der Waals surface area contributed by atoms with E-state index < -0.39 is 17.6 Å². The summed E-state index contributed by atoms with van der Waals surface area (Å²) in [4.78, 5) is 59.3. The Balaban J connectivity index is 0.000000160. The van der Waals surface area contributed by atoms with Crippen molar-refractivity contribution in [3.63, 3.8) is 0 Å². The molecule has 1 aliphatic heterocycles. The van der Waals surface area contributed by atoms with Gasteiger partial charge in [0.1, 0.15) is 34.7 Å². The molecule has 1 saturated heterocycles. The molecule has 95 heavy (non-hydrogen) atoms. The molecule has 1 aliphatic rings. The Morgan fingerprint density at radius 2 is 1.00 bits per heavy atom. The van der Waals surface area contributed by atoms with E-state index in [0.29, 0.717) is 106 Å². The van der Waals surface area contributed by atoms with E-state index in [1.165, 1.54) is 52.6 Å². The van der Waals surface area contributed by atoms with Gasteiger partial charge in [-0.25, -0.2) is 18.7 Å². The number of rotatable bonds is 18. The Hall–Kier alpha value is -10.3. The Kier molecular flexibility index (Phi) is 19.9. The van der Waals surface area contributed by atoms with E-state index in [2.05, 4.69) is 36.4 Å². The van der Waals surface area contributed by atoms with Crippen LogP contribution in [0.4, 0.5) is 8.78 Å². The summed E-state index contributed by atoms with van der Waals surface area (Å²) in [6, 6.07) is 41.3. The molecule has 20 nitrogen and oxygen atoms in total. The predicted molar refractivity (Wildman–Crippen MR) is 360 cm³/mol. The molecule has 6 aromatic carbocycles. The van der Waals surface area contributed by atoms with Crippen LogP contribution in [-0.2, 0) is 50.6 Å². The molecule has 0 amide bonds. The zero-order valence-electron chi connectivity index (χ0n) is 53.1. The Bertz CT molecular complexity index is 4840. The third-order valence-electron chi connectivity index (χ3n) is 16.5. The summed E-state index contributed by atoms with van der Waals surface area (Å²) in [5.74, 6) is 0.244. The van der Waals surface area contributed by atoms with Crippen molar-refractivity contribution >= 4 is 62.3 Å². The summed E-state index contributed by atoms with van der Waals surface area (Å²) in [7, 11) is 4.81. The molecule has 0 saturated carbocycles. The largest absolute Gasteiger partial charge is 0.498 e. The number of carbonyl (C=O) groups is 2. The highest BCUT2D eigenvalue weighted by atomic mass is 79.9. The van der Waals surface area contributed by atoms with E-state index in [4.69, 9.17) is 38.2 Å². The predicted octanol–water partition coefficient (Wildman–Crippen LogP) is 13.3. The molecule has 7 heterocycles. The second kappa shape index (κ2) is 28.5. The Morgan fingerprint density at radius 3 is 1.44 bits per heavy atom. The summed E-state index contributed by atoms with van der Waals surface area (Å²) in [5, 5.41) is 26.6. The fraction of sp³-hybridized carbons (Fsp3) is 0.239. The van der Waals surface area contributed by atoms with Crippen molar-refractivity contribution in [1.82, 2.24) is 49.0 Å². The van der Waals surface area contributed by atoms with Crippen molar-refractivity contribution < 1.29 is 46.6 Å². The molecule has 0 bridgehead atoms. The van der Waals surface area contributed by atoms with Gasteiger partial charge in [0, 0.05) is 108 Å². The highest BCUT2D eigenvalue weighted by Gasteiger charge is 2.52. The molecule has 12 aromatic rings. The van der Waals surface area contributed by atoms with Crippen LogP contribution in [0.2, 0.25) is 0 Å². The summed E-state index contributed by atoms with van der Waals surface area (Å²) < 4.78 is 62.3. The molecule has 0 unspecified atom stereocenters. The maximum atomic E-state index is 13.6. The van der Waals surface area contributed by atoms with Gasteiger partial charge in [0.2, 0.25) is 0 Å². The highest BCUT2D eigenvalue weighted by Crippen LogP contribution is 2.37. The number of fused-ring (bicyclic) bond motifs is 2. The van der Waals surface area contributed by atoms with Gasteiger partial charge in [-0.15, -0.1) is 0 Å². The van der Waals surface area contributed by atoms with E-state index in [0.717, 1.165) is 43.3 Å². The van der Waals surface area contributed by atoms with Crippen molar-refractivity contribution in [3.8, 4) is 67.7 Å². The van der Waals surface area contributed by atoms with Gasteiger partial charge in [-0.05, 0) is 144 Å². The lowest BCUT2D eigenvalue weighted by molar-refractivity contribution is -0.141. The normalized spacial score (nSPS) is 13.1. The van der Waals surface area contributed by atoms with Crippen LogP contribution in [-0.4, -0.2) is 91.5 Å². The van der Waals surface area contributed by atoms with Crippen molar-refractivity contribution in [2.45, 2.75) is 90.3 Å². The minimum absolute atomic E-state index is 0.0270. The number of aliphatic carboxylic acids is 1. The number of halogens is 3. The molecule has 0 aliphatic carbocycles. The molecule has 0 spiro atoms. The third-order valence-corrected chi connectivity index (χ3v) is 17.1. The van der Waals surface area contributed by atoms with E-state index >= 15 is 0 Å². The SMILES string of the molecule is COC(=O)CCCCc1nc2cc(-c3cc(-c4ccc(Br)cc4)on3)ccc2c(=O)n1-c1ccc(F)cc1.Cn1cc(-c2ccc(-c3cc(-c4ccc5c(=O)n(-c6ccc(F)cc6)c(CCCCC(=O)O)nc5c4)no3)cc2)cn1.Cn1cc(B2OC(C)(C)C(C)(C)O2)cn1. The maximum Gasteiger partial charge on any atom is 0.498 e. The van der Waals surface area contributed by atoms with Gasteiger partial charge in [0.05, 0.1) is 57.7 Å². The standard InChI is InChI=1S/C32H26FN5O4.C29H23BrFN3O4.C10H17BN2O2/c1-37-19-23(18-34-37)20-6-8-21(9-7-20)29-17-27(36-42-29)22-10-15-26-28(16-22)35-30(4-2-3-5-31(39)40)38(32(26)41)25-13-11-24(33)12-14-25;1-37-28(35)5-3-2-4-27-32-25-16-19(24-17-26(38-33-24)18-6-9-20(30)10-7-18)8-15-23(25)29(36)34(27)22-13-11-21(31)12-14-22;1-9(2)10(3,4)15-11(14-9)8-6-12-13(5)7-8/h6-19H,2-5H2,1H3,(H,39,40);6-17H,2-5H2,1H3;6-7H,1-5H3. The second-order valence-corrected chi connectivity index (χ2v) is 24.7. The molecule has 13 rings (SSSR count). The summed E-state index contributed by atoms with van der Waals surface area (Å²) in [5.41, 5.74) is 8.38. The molecule has 24 heteroatoms. The lowest BCUT2D eigenvalue weighted by Crippen LogP contribution is -2.41. The number of hydrogen-bond donors (Lipinski definition) is 1. The van der Waals surface area contributed by atoms with Crippen LogP contribution < -0.4 is 16.6 Å². The number of ether oxygens (including phenoxy) is 1. The van der Waals surface area contributed by atoms with E-state index in [9.17, 15) is 28.0 Å². The number of esters is 1. The molecule has 0 atom stereocenters. The van der Waals surface area contributed by atoms with Crippen molar-refractivity contribution in [1.29, 1.82) is 0 Å². The maximum absolute atomic E-state index is 13.6. The van der Waals surface area contributed by atoms with Gasteiger partial charge in [-0.3, -0.25) is 37.7 Å². The first-order valence-electron chi connectivity index (χ1n) is 30.7. The number of aromatic nitrogens is 10. The van der Waals surface area contributed by atoms with Gasteiger partial charge < -0.3 is 28.2 Å². The second-order valence-electron chi connectivity index (χ2n) is 23.8. The fourth-order valence-electron chi connectivity index (χ4n) is 10.7. The number of aryl methyl sites for hydroxylation is 4. The molecule has 6 aromatic heterocycles. The zero-order valence-corrected chi connectivity index (χ0v) is 54.7. The number of carboxylic acids is 1. The summed E-state index contributed by atoms with van der Waals surface area (Å²) in [6.45, 7) is 8.18. The highest BCUT2D eigenvalue weighted by molar-refractivity contribution is 9.10. The number of benzene rings is 6. The van der Waals surface area contributed by atoms with Gasteiger partial charge in [0.15, 0.2) is 11.5 Å². The smallest absolute Gasteiger partial charge is 0.481 e. The summed E-state index contributed by atoms with van der Waals surface area (Å²) in [6.07, 6.45) is 10.8. The molecular weight excluding hydrogens is 1280 g/mol. The first-order chi connectivity index (χ1) is 45.6. The number of methoxy groups -OCH3 is 1. The summed E-state index contributed by atoms with van der Waals surface area (Å²) >= 11 is 3.43. The van der Waals surface area contributed by atoms with Gasteiger partial charge in [-0.2, -0.15) is 10.2 Å². The zero-order chi connectivity index (χ0) is 67.1. The Labute approximate surface area is 553 Å². The van der Waals surface area contributed by atoms with Crippen LogP contribution >= 0.6 is 15.9 Å². The monoisotopic (exact) mass is 1350 g/mol. The van der Waals surface area contributed by atoms with E-state index in [1.54, 1.807) is 58.0 Å². The average molecular weight is 1350 g/mol. The first-order valence-corrected chi connectivity index (χ1v) is 31.4. The van der Waals surface area contributed by atoms with Crippen LogP contribution in [0.5, 0.6) is 0 Å². The lowest BCUT2D eigenvalue weighted by Gasteiger charge is -2.32. The quantitative estimate of drug-likeness (QED) is 0.0477. The van der Waals surface area contributed by atoms with Crippen LogP contribution in [0.25, 0.3) is 89.5 Å². The molecule has 1 fully saturated rings. The van der Waals surface area contributed by atoms with Crippen molar-refractivity contribution in [2.24, 2.45) is 14.1 Å².